The van der Waals surface area contributed by atoms with Gasteiger partial charge in [-0.15, -0.1) is 0 Å². The van der Waals surface area contributed by atoms with E-state index in [9.17, 15) is 0 Å². The molecule has 5 heteroatoms. The van der Waals surface area contributed by atoms with Crippen LogP contribution in [0.25, 0.3) is 0 Å². The molecule has 2 heterocycles. The molecular weight excluding hydrogens is 190 g/mol. The highest BCUT2D eigenvalue weighted by atomic mass is 15.3. The highest BCUT2D eigenvalue weighted by Gasteiger charge is 2.01. The number of hydrogen-bond donors (Lipinski definition) is 1. The predicted octanol–water partition coefficient (Wildman–Crippen LogP) is 1.57. The van der Waals surface area contributed by atoms with Crippen molar-refractivity contribution in [3.63, 3.8) is 0 Å². The van der Waals surface area contributed by atoms with Gasteiger partial charge in [0.1, 0.15) is 5.82 Å². The molecule has 15 heavy (non-hydrogen) atoms. The maximum atomic E-state index is 4.35. The van der Waals surface area contributed by atoms with Gasteiger partial charge in [-0.25, -0.2) is 4.98 Å². The molecule has 0 unspecified atom stereocenters. The molecule has 0 bridgehead atoms. The van der Waals surface area contributed by atoms with Crippen LogP contribution in [0.1, 0.15) is 11.4 Å². The van der Waals surface area contributed by atoms with Crippen molar-refractivity contribution >= 4 is 11.6 Å². The second kappa shape index (κ2) is 3.68. The average molecular weight is 203 g/mol. The Labute approximate surface area is 88.2 Å². The Bertz CT molecular complexity index is 474. The molecule has 5 nitrogen and oxygen atoms in total. The molecule has 1 N–H and O–H groups in total. The fourth-order valence-electron chi connectivity index (χ4n) is 1.22. The van der Waals surface area contributed by atoms with Crippen molar-refractivity contribution in [2.45, 2.75) is 13.8 Å². The van der Waals surface area contributed by atoms with Gasteiger partial charge < -0.3 is 5.32 Å². The number of rotatable bonds is 2. The quantitative estimate of drug-likeness (QED) is 0.805. The number of aryl methyl sites for hydroxylation is 3. The SMILES string of the molecule is Cc1ncc(Nc2ccn(C)n2)nc1C. The van der Waals surface area contributed by atoms with E-state index in [1.807, 2.05) is 33.2 Å². The summed E-state index contributed by atoms with van der Waals surface area (Å²) in [6.07, 6.45) is 3.58. The van der Waals surface area contributed by atoms with Crippen molar-refractivity contribution in [2.24, 2.45) is 7.05 Å². The largest absolute Gasteiger partial charge is 0.322 e. The number of nitrogens with one attached hydrogen (secondary N) is 1. The third-order valence-electron chi connectivity index (χ3n) is 2.16. The Kier molecular flexibility index (Phi) is 2.37. The summed E-state index contributed by atoms with van der Waals surface area (Å²) in [7, 11) is 1.87. The maximum absolute atomic E-state index is 4.35. The zero-order valence-corrected chi connectivity index (χ0v) is 9.02. The van der Waals surface area contributed by atoms with Crippen molar-refractivity contribution in [1.29, 1.82) is 0 Å². The molecule has 0 spiro atoms. The molecule has 0 radical (unpaired) electrons. The van der Waals surface area contributed by atoms with Crippen molar-refractivity contribution < 1.29 is 0 Å². The fraction of sp³-hybridized carbons (Fsp3) is 0.300. The minimum atomic E-state index is 0.719. The van der Waals surface area contributed by atoms with E-state index in [4.69, 9.17) is 0 Å². The molecule has 0 aliphatic rings. The van der Waals surface area contributed by atoms with E-state index in [-0.39, 0.29) is 0 Å². The second-order valence-electron chi connectivity index (χ2n) is 3.43. The molecule has 0 aliphatic heterocycles. The van der Waals surface area contributed by atoms with Crippen LogP contribution in [0.4, 0.5) is 11.6 Å². The van der Waals surface area contributed by atoms with Crippen LogP contribution in [0.5, 0.6) is 0 Å². The van der Waals surface area contributed by atoms with E-state index >= 15 is 0 Å². The topological polar surface area (TPSA) is 55.6 Å². The zero-order chi connectivity index (χ0) is 10.8. The first kappa shape index (κ1) is 9.64. The minimum Gasteiger partial charge on any atom is -0.322 e. The third kappa shape index (κ3) is 2.12. The Morgan fingerprint density at radius 2 is 2.00 bits per heavy atom. The fourth-order valence-corrected chi connectivity index (χ4v) is 1.22. The summed E-state index contributed by atoms with van der Waals surface area (Å²) >= 11 is 0. The summed E-state index contributed by atoms with van der Waals surface area (Å²) < 4.78 is 1.73. The van der Waals surface area contributed by atoms with Gasteiger partial charge in [0.25, 0.3) is 0 Å². The van der Waals surface area contributed by atoms with Crippen LogP contribution in [0.2, 0.25) is 0 Å². The van der Waals surface area contributed by atoms with Gasteiger partial charge in [-0.1, -0.05) is 0 Å². The van der Waals surface area contributed by atoms with Crippen molar-refractivity contribution in [3.05, 3.63) is 29.8 Å². The molecule has 0 aromatic carbocycles. The molecule has 0 amide bonds. The van der Waals surface area contributed by atoms with Crippen LogP contribution in [0.3, 0.4) is 0 Å². The predicted molar refractivity (Wildman–Crippen MR) is 58.0 cm³/mol. The van der Waals surface area contributed by atoms with E-state index in [2.05, 4.69) is 20.4 Å². The molecular formula is C10H13N5. The normalized spacial score (nSPS) is 10.3. The standard InChI is InChI=1S/C10H13N5/c1-7-8(2)12-10(6-11-7)13-9-4-5-15(3)14-9/h4-6H,1-3H3,(H,12,13,14). The Hall–Kier alpha value is -1.91. The van der Waals surface area contributed by atoms with Crippen LogP contribution in [0.15, 0.2) is 18.5 Å². The van der Waals surface area contributed by atoms with Crippen molar-refractivity contribution in [3.8, 4) is 0 Å². The Morgan fingerprint density at radius 3 is 2.60 bits per heavy atom. The summed E-state index contributed by atoms with van der Waals surface area (Å²) in [6, 6.07) is 1.89. The van der Waals surface area contributed by atoms with Crippen LogP contribution >= 0.6 is 0 Å². The van der Waals surface area contributed by atoms with E-state index < -0.39 is 0 Å². The summed E-state index contributed by atoms with van der Waals surface area (Å²) in [5, 5.41) is 7.28. The smallest absolute Gasteiger partial charge is 0.153 e. The zero-order valence-electron chi connectivity index (χ0n) is 9.02. The first-order valence-corrected chi connectivity index (χ1v) is 4.72. The maximum Gasteiger partial charge on any atom is 0.153 e. The van der Waals surface area contributed by atoms with Gasteiger partial charge in [0.05, 0.1) is 17.6 Å². The highest BCUT2D eigenvalue weighted by Crippen LogP contribution is 2.11. The minimum absolute atomic E-state index is 0.719. The number of aromatic nitrogens is 4. The lowest BCUT2D eigenvalue weighted by Crippen LogP contribution is -1.99. The lowest BCUT2D eigenvalue weighted by molar-refractivity contribution is 0.771. The van der Waals surface area contributed by atoms with E-state index in [1.165, 1.54) is 0 Å². The molecule has 0 saturated heterocycles. The van der Waals surface area contributed by atoms with E-state index in [1.54, 1.807) is 10.9 Å². The molecule has 0 saturated carbocycles. The van der Waals surface area contributed by atoms with Crippen LogP contribution < -0.4 is 5.32 Å². The molecule has 78 valence electrons. The van der Waals surface area contributed by atoms with Gasteiger partial charge in [0.15, 0.2) is 5.82 Å². The van der Waals surface area contributed by atoms with Gasteiger partial charge in [0.2, 0.25) is 0 Å². The first-order chi connectivity index (χ1) is 7.15. The highest BCUT2D eigenvalue weighted by molar-refractivity contribution is 5.49. The summed E-state index contributed by atoms with van der Waals surface area (Å²) in [5.74, 6) is 1.49. The molecule has 0 atom stereocenters. The molecule has 2 aromatic rings. The van der Waals surface area contributed by atoms with E-state index in [0.717, 1.165) is 23.0 Å². The van der Waals surface area contributed by atoms with Crippen LogP contribution in [-0.2, 0) is 7.05 Å². The van der Waals surface area contributed by atoms with Crippen LogP contribution in [-0.4, -0.2) is 19.7 Å². The lowest BCUT2D eigenvalue weighted by atomic mass is 10.3. The Balaban J connectivity index is 2.21. The molecule has 2 rings (SSSR count). The monoisotopic (exact) mass is 203 g/mol. The van der Waals surface area contributed by atoms with E-state index in [0.29, 0.717) is 0 Å². The van der Waals surface area contributed by atoms with Gasteiger partial charge in [-0.2, -0.15) is 5.10 Å². The molecule has 2 aromatic heterocycles. The van der Waals surface area contributed by atoms with Crippen molar-refractivity contribution in [2.75, 3.05) is 5.32 Å². The van der Waals surface area contributed by atoms with Gasteiger partial charge >= 0.3 is 0 Å². The molecule has 0 fully saturated rings. The summed E-state index contributed by atoms with van der Waals surface area (Å²) in [5.41, 5.74) is 1.87. The number of hydrogen-bond acceptors (Lipinski definition) is 4. The van der Waals surface area contributed by atoms with Crippen molar-refractivity contribution in [1.82, 2.24) is 19.7 Å². The third-order valence-corrected chi connectivity index (χ3v) is 2.16. The Morgan fingerprint density at radius 1 is 1.20 bits per heavy atom. The number of nitrogens with zero attached hydrogens (tertiary/aromatic N) is 4. The van der Waals surface area contributed by atoms with Gasteiger partial charge in [-0.05, 0) is 13.8 Å². The summed E-state index contributed by atoms with van der Waals surface area (Å²) in [4.78, 5) is 8.58. The summed E-state index contributed by atoms with van der Waals surface area (Å²) in [6.45, 7) is 3.87. The number of anilines is 2. The van der Waals surface area contributed by atoms with Crippen LogP contribution in [0, 0.1) is 13.8 Å². The second-order valence-corrected chi connectivity index (χ2v) is 3.43. The average Bonchev–Trinajstić information content (AvgIpc) is 2.58. The van der Waals surface area contributed by atoms with Gasteiger partial charge in [0, 0.05) is 19.3 Å². The van der Waals surface area contributed by atoms with Gasteiger partial charge in [-0.3, -0.25) is 9.67 Å². The first-order valence-electron chi connectivity index (χ1n) is 4.72. The molecule has 0 aliphatic carbocycles. The lowest BCUT2D eigenvalue weighted by Gasteiger charge is -2.03.